The van der Waals surface area contributed by atoms with Crippen molar-refractivity contribution in [1.29, 1.82) is 0 Å². The lowest BCUT2D eigenvalue weighted by Gasteiger charge is -2.30. The second-order valence-corrected chi connectivity index (χ2v) is 7.27. The molecule has 0 radical (unpaired) electrons. The molecule has 0 saturated heterocycles. The van der Waals surface area contributed by atoms with E-state index in [0.29, 0.717) is 6.42 Å². The molecular weight excluding hydrogens is 302 g/mol. The number of carbonyl (C=O) groups excluding carboxylic acids is 1. The largest absolute Gasteiger partial charge is 0.394 e. The molecule has 0 aliphatic carbocycles. The smallest absolute Gasteiger partial charge is 0.217 e. The van der Waals surface area contributed by atoms with Crippen LogP contribution in [0.5, 0.6) is 0 Å². The molecule has 0 aromatic carbocycles. The number of nitrogens with one attached hydrogen (secondary N) is 1. The molecule has 0 aromatic rings. The van der Waals surface area contributed by atoms with Crippen molar-refractivity contribution in [2.75, 3.05) is 13.2 Å². The number of aliphatic hydroxyl groups is 2. The van der Waals surface area contributed by atoms with Gasteiger partial charge >= 0.3 is 0 Å². The zero-order valence-corrected chi connectivity index (χ0v) is 16.1. The van der Waals surface area contributed by atoms with Gasteiger partial charge in [-0.05, 0) is 6.42 Å². The van der Waals surface area contributed by atoms with Crippen LogP contribution < -0.4 is 5.32 Å². The Labute approximate surface area is 149 Å². The Kier molecular flexibility index (Phi) is 15.5. The fourth-order valence-corrected chi connectivity index (χ4v) is 3.20. The van der Waals surface area contributed by atoms with Crippen LogP contribution in [0.3, 0.4) is 0 Å². The Bertz CT molecular complexity index is 291. The molecule has 24 heavy (non-hydrogen) atoms. The lowest BCUT2D eigenvalue weighted by atomic mass is 9.93. The van der Waals surface area contributed by atoms with Gasteiger partial charge in [0, 0.05) is 6.92 Å². The summed E-state index contributed by atoms with van der Waals surface area (Å²) in [6.45, 7) is 3.26. The van der Waals surface area contributed by atoms with Crippen LogP contribution in [-0.2, 0) is 4.79 Å². The van der Waals surface area contributed by atoms with Crippen LogP contribution in [-0.4, -0.2) is 34.9 Å². The summed E-state index contributed by atoms with van der Waals surface area (Å²) in [6, 6.07) is 0. The van der Waals surface area contributed by atoms with Crippen LogP contribution in [0.15, 0.2) is 0 Å². The first-order valence-corrected chi connectivity index (χ1v) is 10.1. The van der Waals surface area contributed by atoms with Crippen molar-refractivity contribution in [1.82, 2.24) is 5.32 Å². The van der Waals surface area contributed by atoms with Crippen molar-refractivity contribution in [2.24, 2.45) is 0 Å². The highest BCUT2D eigenvalue weighted by Gasteiger charge is 2.28. The number of aliphatic hydroxyl groups excluding tert-OH is 2. The van der Waals surface area contributed by atoms with E-state index in [1.54, 1.807) is 0 Å². The molecule has 0 atom stereocenters. The van der Waals surface area contributed by atoms with E-state index < -0.39 is 5.54 Å². The van der Waals surface area contributed by atoms with E-state index in [9.17, 15) is 15.0 Å². The molecule has 0 heterocycles. The molecule has 0 spiro atoms. The minimum Gasteiger partial charge on any atom is -0.394 e. The molecule has 0 bridgehead atoms. The molecule has 4 nitrogen and oxygen atoms in total. The summed E-state index contributed by atoms with van der Waals surface area (Å²) in [5, 5.41) is 21.6. The molecule has 1 amide bonds. The van der Waals surface area contributed by atoms with E-state index in [0.717, 1.165) is 12.8 Å². The number of hydrogen-bond acceptors (Lipinski definition) is 3. The van der Waals surface area contributed by atoms with E-state index >= 15 is 0 Å². The molecular formula is C20H41NO3. The van der Waals surface area contributed by atoms with Gasteiger partial charge in [-0.3, -0.25) is 4.79 Å². The Morgan fingerprint density at radius 3 is 1.46 bits per heavy atom. The zero-order chi connectivity index (χ0) is 18.1. The van der Waals surface area contributed by atoms with Gasteiger partial charge in [0.1, 0.15) is 0 Å². The summed E-state index contributed by atoms with van der Waals surface area (Å²) in [5.74, 6) is -0.201. The maximum absolute atomic E-state index is 11.2. The second-order valence-electron chi connectivity index (χ2n) is 7.27. The normalized spacial score (nSPS) is 11.7. The molecule has 4 heteroatoms. The third-order valence-electron chi connectivity index (χ3n) is 4.81. The Morgan fingerprint density at radius 2 is 1.12 bits per heavy atom. The summed E-state index contributed by atoms with van der Waals surface area (Å²) in [4.78, 5) is 11.2. The summed E-state index contributed by atoms with van der Waals surface area (Å²) in [5.41, 5.74) is -0.844. The fourth-order valence-electron chi connectivity index (χ4n) is 3.20. The van der Waals surface area contributed by atoms with Crippen LogP contribution in [0.25, 0.3) is 0 Å². The number of amides is 1. The first-order valence-electron chi connectivity index (χ1n) is 10.1. The fraction of sp³-hybridized carbons (Fsp3) is 0.950. The molecule has 0 unspecified atom stereocenters. The van der Waals surface area contributed by atoms with Crippen LogP contribution in [0.4, 0.5) is 0 Å². The lowest BCUT2D eigenvalue weighted by molar-refractivity contribution is -0.122. The molecule has 0 aliphatic rings. The molecule has 144 valence electrons. The summed E-state index contributed by atoms with van der Waals surface area (Å²) in [6.07, 6.45) is 17.4. The summed E-state index contributed by atoms with van der Waals surface area (Å²) < 4.78 is 0. The van der Waals surface area contributed by atoms with Gasteiger partial charge < -0.3 is 15.5 Å². The topological polar surface area (TPSA) is 69.6 Å². The number of hydrogen-bond donors (Lipinski definition) is 3. The Hall–Kier alpha value is -0.610. The van der Waals surface area contributed by atoms with Gasteiger partial charge in [0.15, 0.2) is 0 Å². The van der Waals surface area contributed by atoms with Gasteiger partial charge in [-0.2, -0.15) is 0 Å². The third kappa shape index (κ3) is 12.8. The highest BCUT2D eigenvalue weighted by molar-refractivity contribution is 5.73. The monoisotopic (exact) mass is 343 g/mol. The zero-order valence-electron chi connectivity index (χ0n) is 16.1. The number of carbonyl (C=O) groups is 1. The average Bonchev–Trinajstić information content (AvgIpc) is 2.57. The molecule has 0 saturated carbocycles. The quantitative estimate of drug-likeness (QED) is 0.344. The Balaban J connectivity index is 3.47. The molecule has 3 N–H and O–H groups in total. The van der Waals surface area contributed by atoms with Crippen LogP contribution in [0.2, 0.25) is 0 Å². The van der Waals surface area contributed by atoms with Gasteiger partial charge in [-0.15, -0.1) is 0 Å². The highest BCUT2D eigenvalue weighted by Crippen LogP contribution is 2.17. The van der Waals surface area contributed by atoms with Crippen molar-refractivity contribution < 1.29 is 15.0 Å². The van der Waals surface area contributed by atoms with Gasteiger partial charge in [-0.25, -0.2) is 0 Å². The Morgan fingerprint density at radius 1 is 0.750 bits per heavy atom. The minimum atomic E-state index is -0.844. The van der Waals surface area contributed by atoms with Gasteiger partial charge in [0.05, 0.1) is 18.8 Å². The van der Waals surface area contributed by atoms with Gasteiger partial charge in [-0.1, -0.05) is 90.4 Å². The second kappa shape index (κ2) is 15.9. The van der Waals surface area contributed by atoms with Gasteiger partial charge in [0.2, 0.25) is 5.91 Å². The predicted octanol–water partition coefficient (Wildman–Crippen LogP) is 4.33. The van der Waals surface area contributed by atoms with Crippen molar-refractivity contribution in [3.05, 3.63) is 0 Å². The van der Waals surface area contributed by atoms with Crippen molar-refractivity contribution in [3.8, 4) is 0 Å². The SMILES string of the molecule is CCCCCCCCCCCCCCCC(CO)(CO)NC(C)=O. The van der Waals surface area contributed by atoms with Crippen LogP contribution in [0.1, 0.15) is 104 Å². The van der Waals surface area contributed by atoms with E-state index in [-0.39, 0.29) is 19.1 Å². The number of rotatable bonds is 17. The van der Waals surface area contributed by atoms with Crippen LogP contribution in [0, 0.1) is 0 Å². The third-order valence-corrected chi connectivity index (χ3v) is 4.81. The maximum Gasteiger partial charge on any atom is 0.217 e. The maximum atomic E-state index is 11.2. The van der Waals surface area contributed by atoms with E-state index in [1.807, 2.05) is 0 Å². The minimum absolute atomic E-state index is 0.201. The number of unbranched alkanes of at least 4 members (excludes halogenated alkanes) is 12. The summed E-state index contributed by atoms with van der Waals surface area (Å²) >= 11 is 0. The average molecular weight is 344 g/mol. The molecule has 0 fully saturated rings. The van der Waals surface area contributed by atoms with E-state index in [1.165, 1.54) is 77.6 Å². The standard InChI is InChI=1S/C20H41NO3/c1-3-4-5-6-7-8-9-10-11-12-13-14-15-16-20(17-22,18-23)21-19(2)24/h22-23H,3-18H2,1-2H3,(H,21,24). The van der Waals surface area contributed by atoms with Gasteiger partial charge in [0.25, 0.3) is 0 Å². The first-order chi connectivity index (χ1) is 11.6. The van der Waals surface area contributed by atoms with Crippen molar-refractivity contribution in [2.45, 2.75) is 109 Å². The highest BCUT2D eigenvalue weighted by atomic mass is 16.3. The van der Waals surface area contributed by atoms with E-state index in [4.69, 9.17) is 0 Å². The van der Waals surface area contributed by atoms with Crippen LogP contribution >= 0.6 is 0 Å². The summed E-state index contributed by atoms with van der Waals surface area (Å²) in [7, 11) is 0. The molecule has 0 aliphatic heterocycles. The van der Waals surface area contributed by atoms with Crippen molar-refractivity contribution in [3.63, 3.8) is 0 Å². The first kappa shape index (κ1) is 23.4. The van der Waals surface area contributed by atoms with Crippen molar-refractivity contribution >= 4 is 5.91 Å². The predicted molar refractivity (Wildman–Crippen MR) is 101 cm³/mol. The lowest BCUT2D eigenvalue weighted by Crippen LogP contribution is -2.53. The molecule has 0 rings (SSSR count). The molecule has 0 aromatic heterocycles. The van der Waals surface area contributed by atoms with E-state index in [2.05, 4.69) is 12.2 Å².